The topological polar surface area (TPSA) is 58.6 Å². The quantitative estimate of drug-likeness (QED) is 0.851. The minimum atomic E-state index is -0.498. The van der Waals surface area contributed by atoms with E-state index in [0.717, 1.165) is 24.9 Å². The second-order valence-corrected chi connectivity index (χ2v) is 6.89. The number of hydrogen-bond acceptors (Lipinski definition) is 4. The molecule has 1 N–H and O–H groups in total. The van der Waals surface area contributed by atoms with Crippen LogP contribution < -0.4 is 5.32 Å². The van der Waals surface area contributed by atoms with E-state index >= 15 is 0 Å². The summed E-state index contributed by atoms with van der Waals surface area (Å²) >= 11 is 0. The van der Waals surface area contributed by atoms with Crippen molar-refractivity contribution < 1.29 is 14.3 Å². The Balaban J connectivity index is 1.83. The summed E-state index contributed by atoms with van der Waals surface area (Å²) < 4.78 is 5.53. The first-order valence-electron chi connectivity index (χ1n) is 7.75. The van der Waals surface area contributed by atoms with Gasteiger partial charge in [-0.1, -0.05) is 18.2 Å². The lowest BCUT2D eigenvalue weighted by molar-refractivity contribution is -0.161. The number of hydrogen-bond donors (Lipinski definition) is 1. The number of rotatable bonds is 2. The molecule has 1 fully saturated rings. The monoisotopic (exact) mass is 302 g/mol. The summed E-state index contributed by atoms with van der Waals surface area (Å²) in [7, 11) is 0. The van der Waals surface area contributed by atoms with E-state index in [1.165, 1.54) is 0 Å². The van der Waals surface area contributed by atoms with Crippen molar-refractivity contribution in [2.24, 2.45) is 0 Å². The Morgan fingerprint density at radius 3 is 2.77 bits per heavy atom. The summed E-state index contributed by atoms with van der Waals surface area (Å²) in [5.74, 6) is -0.279. The normalized spacial score (nSPS) is 25.0. The highest BCUT2D eigenvalue weighted by molar-refractivity contribution is 5.99. The van der Waals surface area contributed by atoms with Gasteiger partial charge >= 0.3 is 5.97 Å². The van der Waals surface area contributed by atoms with Gasteiger partial charge in [-0.2, -0.15) is 0 Å². The lowest BCUT2D eigenvalue weighted by atomic mass is 10.1. The van der Waals surface area contributed by atoms with E-state index in [1.807, 2.05) is 45.0 Å². The molecular formula is C17H22N2O3. The molecule has 2 aliphatic rings. The molecule has 118 valence electrons. The second kappa shape index (κ2) is 5.39. The Kier molecular flexibility index (Phi) is 3.68. The average molecular weight is 302 g/mol. The molecule has 0 unspecified atom stereocenters. The zero-order valence-corrected chi connectivity index (χ0v) is 13.3. The van der Waals surface area contributed by atoms with Crippen molar-refractivity contribution in [2.75, 3.05) is 6.54 Å². The minimum Gasteiger partial charge on any atom is -0.459 e. The third kappa shape index (κ3) is 2.73. The summed E-state index contributed by atoms with van der Waals surface area (Å²) in [4.78, 5) is 26.6. The van der Waals surface area contributed by atoms with Crippen molar-refractivity contribution in [3.05, 3.63) is 35.4 Å². The molecular weight excluding hydrogens is 280 g/mol. The third-order valence-corrected chi connectivity index (χ3v) is 4.07. The van der Waals surface area contributed by atoms with E-state index in [-0.39, 0.29) is 24.1 Å². The number of ether oxygens (including phenoxy) is 1. The van der Waals surface area contributed by atoms with Crippen LogP contribution in [0.4, 0.5) is 0 Å². The van der Waals surface area contributed by atoms with Gasteiger partial charge in [-0.15, -0.1) is 0 Å². The Hall–Kier alpha value is -1.88. The minimum absolute atomic E-state index is 0.0737. The fraction of sp³-hybridized carbons (Fsp3) is 0.529. The fourth-order valence-electron chi connectivity index (χ4n) is 3.20. The van der Waals surface area contributed by atoms with Crippen molar-refractivity contribution in [2.45, 2.75) is 51.4 Å². The predicted octanol–water partition coefficient (Wildman–Crippen LogP) is 2.23. The Bertz CT molecular complexity index is 606. The number of nitrogens with zero attached hydrogens (tertiary/aromatic N) is 1. The van der Waals surface area contributed by atoms with Crippen LogP contribution in [-0.2, 0) is 9.53 Å². The highest BCUT2D eigenvalue weighted by Gasteiger charge is 2.42. The number of carbonyl (C=O) groups excluding carboxylic acids is 2. The van der Waals surface area contributed by atoms with Gasteiger partial charge in [0.1, 0.15) is 17.8 Å². The van der Waals surface area contributed by atoms with Crippen LogP contribution in [0.1, 0.15) is 55.7 Å². The maximum atomic E-state index is 12.4. The van der Waals surface area contributed by atoms with E-state index in [0.29, 0.717) is 5.56 Å². The molecule has 0 spiro atoms. The summed E-state index contributed by atoms with van der Waals surface area (Å²) in [6.07, 6.45) is 1.46. The number of esters is 1. The smallest absolute Gasteiger partial charge is 0.323 e. The molecule has 2 aliphatic heterocycles. The van der Waals surface area contributed by atoms with Crippen LogP contribution in [0.25, 0.3) is 0 Å². The summed E-state index contributed by atoms with van der Waals surface area (Å²) in [6, 6.07) is 7.25. The second-order valence-electron chi connectivity index (χ2n) is 6.89. The zero-order valence-electron chi connectivity index (χ0n) is 13.3. The third-order valence-electron chi connectivity index (χ3n) is 4.07. The lowest BCUT2D eigenvalue weighted by Gasteiger charge is -2.31. The van der Waals surface area contributed by atoms with Crippen LogP contribution in [-0.4, -0.2) is 35.0 Å². The van der Waals surface area contributed by atoms with Crippen LogP contribution in [0.5, 0.6) is 0 Å². The van der Waals surface area contributed by atoms with Gasteiger partial charge in [-0.25, -0.2) is 0 Å². The first-order chi connectivity index (χ1) is 10.4. The first-order valence-corrected chi connectivity index (χ1v) is 7.75. The van der Waals surface area contributed by atoms with Gasteiger partial charge in [0, 0.05) is 17.7 Å². The zero-order chi connectivity index (χ0) is 15.9. The largest absolute Gasteiger partial charge is 0.459 e. The molecule has 5 nitrogen and oxygen atoms in total. The summed E-state index contributed by atoms with van der Waals surface area (Å²) in [5, 5.41) is 2.99. The van der Waals surface area contributed by atoms with Gasteiger partial charge in [0.05, 0.1) is 0 Å². The maximum Gasteiger partial charge on any atom is 0.323 e. The molecule has 1 aromatic rings. The van der Waals surface area contributed by atoms with Crippen LogP contribution in [0.2, 0.25) is 0 Å². The Labute approximate surface area is 130 Å². The molecule has 5 heteroatoms. The van der Waals surface area contributed by atoms with Gasteiger partial charge in [-0.05, 0) is 39.7 Å². The van der Waals surface area contributed by atoms with Gasteiger partial charge in [0.15, 0.2) is 0 Å². The molecule has 1 amide bonds. The van der Waals surface area contributed by atoms with E-state index in [9.17, 15) is 9.59 Å². The Morgan fingerprint density at radius 2 is 2.05 bits per heavy atom. The predicted molar refractivity (Wildman–Crippen MR) is 82.2 cm³/mol. The van der Waals surface area contributed by atoms with Gasteiger partial charge < -0.3 is 10.1 Å². The number of fused-ring (bicyclic) bond motifs is 1. The van der Waals surface area contributed by atoms with Crippen LogP contribution in [0.15, 0.2) is 24.3 Å². The molecule has 22 heavy (non-hydrogen) atoms. The van der Waals surface area contributed by atoms with Gasteiger partial charge in [0.2, 0.25) is 0 Å². The number of likely N-dealkylation sites (tertiary alicyclic amines) is 1. The molecule has 0 bridgehead atoms. The number of amides is 1. The molecule has 1 aromatic carbocycles. The highest BCUT2D eigenvalue weighted by Crippen LogP contribution is 2.34. The van der Waals surface area contributed by atoms with Crippen molar-refractivity contribution in [3.63, 3.8) is 0 Å². The standard InChI is InChI=1S/C17H22N2O3/c1-17(2,3)22-16(21)13-9-6-10-19(13)14-11-7-4-5-8-12(11)15(20)18-14/h4-5,7-8,13-14H,6,9-10H2,1-3H3,(H,18,20)/t13-,14+/m0/s1. The van der Waals surface area contributed by atoms with Crippen LogP contribution in [0.3, 0.4) is 0 Å². The van der Waals surface area contributed by atoms with Crippen molar-refractivity contribution in [3.8, 4) is 0 Å². The van der Waals surface area contributed by atoms with Gasteiger partial charge in [-0.3, -0.25) is 14.5 Å². The van der Waals surface area contributed by atoms with Crippen molar-refractivity contribution in [1.29, 1.82) is 0 Å². The number of benzene rings is 1. The van der Waals surface area contributed by atoms with E-state index in [1.54, 1.807) is 0 Å². The molecule has 1 saturated heterocycles. The lowest BCUT2D eigenvalue weighted by Crippen LogP contribution is -2.45. The van der Waals surface area contributed by atoms with Crippen LogP contribution in [0, 0.1) is 0 Å². The van der Waals surface area contributed by atoms with Crippen LogP contribution >= 0.6 is 0 Å². The van der Waals surface area contributed by atoms with Gasteiger partial charge in [0.25, 0.3) is 5.91 Å². The highest BCUT2D eigenvalue weighted by atomic mass is 16.6. The SMILES string of the molecule is CC(C)(C)OC(=O)[C@@H]1CCCN1[C@H]1NC(=O)c2ccccc21. The first kappa shape index (κ1) is 15.0. The maximum absolute atomic E-state index is 12.4. The van der Waals surface area contributed by atoms with E-state index in [2.05, 4.69) is 10.2 Å². The molecule has 0 saturated carbocycles. The molecule has 2 heterocycles. The molecule has 2 atom stereocenters. The summed E-state index contributed by atoms with van der Waals surface area (Å²) in [6.45, 7) is 6.40. The average Bonchev–Trinajstić information content (AvgIpc) is 3.02. The fourth-order valence-corrected chi connectivity index (χ4v) is 3.20. The Morgan fingerprint density at radius 1 is 1.32 bits per heavy atom. The number of carbonyl (C=O) groups is 2. The van der Waals surface area contributed by atoms with Crippen molar-refractivity contribution >= 4 is 11.9 Å². The molecule has 3 rings (SSSR count). The van der Waals surface area contributed by atoms with E-state index in [4.69, 9.17) is 4.74 Å². The summed E-state index contributed by atoms with van der Waals surface area (Å²) in [5.41, 5.74) is 1.15. The number of nitrogens with one attached hydrogen (secondary N) is 1. The van der Waals surface area contributed by atoms with Crippen molar-refractivity contribution in [1.82, 2.24) is 10.2 Å². The molecule has 0 aliphatic carbocycles. The molecule has 0 radical (unpaired) electrons. The molecule has 0 aromatic heterocycles. The van der Waals surface area contributed by atoms with E-state index < -0.39 is 5.60 Å².